The van der Waals surface area contributed by atoms with Crippen LogP contribution in [0.25, 0.3) is 0 Å². The number of rotatable bonds is 8. The van der Waals surface area contributed by atoms with Gasteiger partial charge in [-0.05, 0) is 37.2 Å². The molecule has 0 aliphatic carbocycles. The van der Waals surface area contributed by atoms with Crippen LogP contribution in [0.1, 0.15) is 18.9 Å². The number of hydrogen-bond donors (Lipinski definition) is 1. The van der Waals surface area contributed by atoms with Gasteiger partial charge in [-0.2, -0.15) is 5.26 Å². The highest BCUT2D eigenvalue weighted by Crippen LogP contribution is 2.12. The summed E-state index contributed by atoms with van der Waals surface area (Å²) in [5.74, 6) is 0.0399. The number of hydrogen-bond acceptors (Lipinski definition) is 5. The first-order valence-electron chi connectivity index (χ1n) is 6.59. The molecular formula is C14H20N2O3S. The molecule has 0 radical (unpaired) electrons. The molecule has 0 atom stereocenters. The normalized spacial score (nSPS) is 11.5. The van der Waals surface area contributed by atoms with Gasteiger partial charge in [-0.25, -0.2) is 8.42 Å². The lowest BCUT2D eigenvalue weighted by atomic mass is 10.2. The smallest absolute Gasteiger partial charge is 0.179 e. The zero-order valence-electron chi connectivity index (χ0n) is 11.6. The number of sulfone groups is 1. The van der Waals surface area contributed by atoms with E-state index in [1.807, 2.05) is 17.9 Å². The third-order valence-electron chi connectivity index (χ3n) is 3.10. The molecule has 0 saturated heterocycles. The van der Waals surface area contributed by atoms with E-state index in [2.05, 4.69) is 0 Å². The summed E-state index contributed by atoms with van der Waals surface area (Å²) in [5, 5.41) is 17.5. The van der Waals surface area contributed by atoms with Crippen molar-refractivity contribution in [3.63, 3.8) is 0 Å². The Morgan fingerprint density at radius 3 is 2.40 bits per heavy atom. The van der Waals surface area contributed by atoms with Crippen LogP contribution < -0.4 is 0 Å². The predicted molar refractivity (Wildman–Crippen MR) is 77.0 cm³/mol. The molecule has 5 nitrogen and oxygen atoms in total. The van der Waals surface area contributed by atoms with Gasteiger partial charge in [-0.1, -0.05) is 6.92 Å². The summed E-state index contributed by atoms with van der Waals surface area (Å²) in [7, 11) is -3.33. The van der Waals surface area contributed by atoms with Crippen molar-refractivity contribution in [2.24, 2.45) is 0 Å². The van der Waals surface area contributed by atoms with Gasteiger partial charge in [-0.3, -0.25) is 0 Å². The molecule has 0 spiro atoms. The predicted octanol–water partition coefficient (Wildman–Crippen LogP) is 1.04. The van der Waals surface area contributed by atoms with Crippen molar-refractivity contribution >= 4 is 9.84 Å². The van der Waals surface area contributed by atoms with Gasteiger partial charge < -0.3 is 10.0 Å². The van der Waals surface area contributed by atoms with Crippen LogP contribution in [0.4, 0.5) is 0 Å². The third kappa shape index (κ3) is 4.93. The summed E-state index contributed by atoms with van der Waals surface area (Å²) in [5.41, 5.74) is 0.446. The Morgan fingerprint density at radius 2 is 1.90 bits per heavy atom. The van der Waals surface area contributed by atoms with E-state index >= 15 is 0 Å². The van der Waals surface area contributed by atoms with Crippen LogP contribution in [-0.2, 0) is 9.84 Å². The van der Waals surface area contributed by atoms with Crippen LogP contribution in [0.5, 0.6) is 0 Å². The first-order chi connectivity index (χ1) is 9.53. The third-order valence-corrected chi connectivity index (χ3v) is 4.81. The quantitative estimate of drug-likeness (QED) is 0.775. The SMILES string of the molecule is CCN(CCCO)CCS(=O)(=O)c1ccc(C#N)cc1. The zero-order valence-corrected chi connectivity index (χ0v) is 12.4. The van der Waals surface area contributed by atoms with E-state index in [0.29, 0.717) is 25.1 Å². The lowest BCUT2D eigenvalue weighted by Gasteiger charge is -2.19. The average Bonchev–Trinajstić information content (AvgIpc) is 2.47. The number of aliphatic hydroxyl groups is 1. The Hall–Kier alpha value is -1.42. The minimum absolute atomic E-state index is 0.0399. The first kappa shape index (κ1) is 16.6. The van der Waals surface area contributed by atoms with Gasteiger partial charge in [-0.15, -0.1) is 0 Å². The van der Waals surface area contributed by atoms with Gasteiger partial charge in [0, 0.05) is 19.7 Å². The second-order valence-electron chi connectivity index (χ2n) is 4.47. The van der Waals surface area contributed by atoms with E-state index < -0.39 is 9.84 Å². The fourth-order valence-electron chi connectivity index (χ4n) is 1.83. The van der Waals surface area contributed by atoms with Crippen LogP contribution in [0.3, 0.4) is 0 Å². The van der Waals surface area contributed by atoms with Crippen molar-refractivity contribution in [3.05, 3.63) is 29.8 Å². The maximum Gasteiger partial charge on any atom is 0.179 e. The largest absolute Gasteiger partial charge is 0.396 e. The number of benzene rings is 1. The molecule has 20 heavy (non-hydrogen) atoms. The monoisotopic (exact) mass is 296 g/mol. The summed E-state index contributed by atoms with van der Waals surface area (Å²) in [4.78, 5) is 2.24. The highest BCUT2D eigenvalue weighted by Gasteiger charge is 2.15. The highest BCUT2D eigenvalue weighted by molar-refractivity contribution is 7.91. The first-order valence-corrected chi connectivity index (χ1v) is 8.25. The maximum absolute atomic E-state index is 12.2. The van der Waals surface area contributed by atoms with E-state index in [0.717, 1.165) is 6.54 Å². The lowest BCUT2D eigenvalue weighted by Crippen LogP contribution is -2.30. The summed E-state index contributed by atoms with van der Waals surface area (Å²) >= 11 is 0. The van der Waals surface area contributed by atoms with Gasteiger partial charge in [0.05, 0.1) is 22.3 Å². The molecule has 0 saturated carbocycles. The lowest BCUT2D eigenvalue weighted by molar-refractivity contribution is 0.237. The molecule has 1 aromatic carbocycles. The molecule has 1 N–H and O–H groups in total. The average molecular weight is 296 g/mol. The minimum Gasteiger partial charge on any atom is -0.396 e. The molecule has 0 fully saturated rings. The second-order valence-corrected chi connectivity index (χ2v) is 6.58. The van der Waals surface area contributed by atoms with Gasteiger partial charge in [0.1, 0.15) is 0 Å². The fraction of sp³-hybridized carbons (Fsp3) is 0.500. The molecule has 6 heteroatoms. The molecule has 110 valence electrons. The van der Waals surface area contributed by atoms with Crippen LogP contribution in [-0.4, -0.2) is 50.4 Å². The molecule has 0 bridgehead atoms. The topological polar surface area (TPSA) is 81.4 Å². The van der Waals surface area contributed by atoms with E-state index in [-0.39, 0.29) is 17.3 Å². The molecule has 1 aromatic rings. The van der Waals surface area contributed by atoms with Crippen molar-refractivity contribution < 1.29 is 13.5 Å². The van der Waals surface area contributed by atoms with Gasteiger partial charge in [0.2, 0.25) is 0 Å². The van der Waals surface area contributed by atoms with Crippen LogP contribution in [0.2, 0.25) is 0 Å². The fourth-order valence-corrected chi connectivity index (χ4v) is 3.11. The van der Waals surface area contributed by atoms with Crippen molar-refractivity contribution in [3.8, 4) is 6.07 Å². The Labute approximate surface area is 120 Å². The molecule has 0 aliphatic rings. The summed E-state index contributed by atoms with van der Waals surface area (Å²) in [6.45, 7) is 3.96. The number of nitriles is 1. The standard InChI is InChI=1S/C14H20N2O3S/c1-2-16(8-3-10-17)9-11-20(18,19)14-6-4-13(12-15)5-7-14/h4-7,17H,2-3,8-11H2,1H3. The van der Waals surface area contributed by atoms with Crippen LogP contribution in [0, 0.1) is 11.3 Å². The van der Waals surface area contributed by atoms with Crippen LogP contribution >= 0.6 is 0 Å². The van der Waals surface area contributed by atoms with E-state index in [1.54, 1.807) is 0 Å². The van der Waals surface area contributed by atoms with Crippen molar-refractivity contribution in [1.82, 2.24) is 4.90 Å². The minimum atomic E-state index is -3.33. The molecule has 0 aromatic heterocycles. The van der Waals surface area contributed by atoms with Crippen molar-refractivity contribution in [2.45, 2.75) is 18.2 Å². The van der Waals surface area contributed by atoms with E-state index in [4.69, 9.17) is 10.4 Å². The van der Waals surface area contributed by atoms with E-state index in [9.17, 15) is 8.42 Å². The number of aliphatic hydroxyl groups excluding tert-OH is 1. The Bertz CT molecular complexity index is 547. The summed E-state index contributed by atoms with van der Waals surface area (Å²) in [6.07, 6.45) is 0.644. The second kappa shape index (κ2) is 8.00. The van der Waals surface area contributed by atoms with E-state index in [1.165, 1.54) is 24.3 Å². The van der Waals surface area contributed by atoms with Gasteiger partial charge in [0.15, 0.2) is 9.84 Å². The Kier molecular flexibility index (Phi) is 6.65. The Balaban J connectivity index is 2.66. The van der Waals surface area contributed by atoms with Crippen molar-refractivity contribution in [2.75, 3.05) is 32.0 Å². The maximum atomic E-state index is 12.2. The van der Waals surface area contributed by atoms with Crippen LogP contribution in [0.15, 0.2) is 29.2 Å². The molecular weight excluding hydrogens is 276 g/mol. The van der Waals surface area contributed by atoms with Gasteiger partial charge >= 0.3 is 0 Å². The molecule has 0 aliphatic heterocycles. The summed E-state index contributed by atoms with van der Waals surface area (Å²) in [6, 6.07) is 7.92. The molecule has 0 amide bonds. The molecule has 1 rings (SSSR count). The summed E-state index contributed by atoms with van der Waals surface area (Å²) < 4.78 is 24.3. The van der Waals surface area contributed by atoms with Gasteiger partial charge in [0.25, 0.3) is 0 Å². The Morgan fingerprint density at radius 1 is 1.25 bits per heavy atom. The van der Waals surface area contributed by atoms with Crippen molar-refractivity contribution in [1.29, 1.82) is 5.26 Å². The molecule has 0 heterocycles. The highest BCUT2D eigenvalue weighted by atomic mass is 32.2. The molecule has 0 unspecified atom stereocenters. The zero-order chi connectivity index (χ0) is 15.0. The number of nitrogens with zero attached hydrogens (tertiary/aromatic N) is 2.